The lowest BCUT2D eigenvalue weighted by atomic mass is 10.1. The molecule has 1 saturated heterocycles. The molecule has 0 bridgehead atoms. The van der Waals surface area contributed by atoms with Crippen molar-refractivity contribution in [2.75, 3.05) is 39.0 Å². The molecule has 1 aliphatic rings. The van der Waals surface area contributed by atoms with Crippen LogP contribution in [0.2, 0.25) is 0 Å². The molecule has 3 rings (SSSR count). The van der Waals surface area contributed by atoms with E-state index in [2.05, 4.69) is 40.3 Å². The van der Waals surface area contributed by atoms with Gasteiger partial charge in [-0.15, -0.1) is 11.8 Å². The minimum absolute atomic E-state index is 0.134. The third kappa shape index (κ3) is 5.07. The molecule has 0 amide bonds. The molecule has 1 aliphatic heterocycles. The quantitative estimate of drug-likeness (QED) is 0.734. The van der Waals surface area contributed by atoms with Crippen molar-refractivity contribution in [2.24, 2.45) is 0 Å². The van der Waals surface area contributed by atoms with E-state index < -0.39 is 0 Å². The Balaban J connectivity index is 1.42. The summed E-state index contributed by atoms with van der Waals surface area (Å²) in [7, 11) is 0. The molecule has 0 aromatic heterocycles. The molecule has 1 heterocycles. The van der Waals surface area contributed by atoms with Gasteiger partial charge in [0.1, 0.15) is 5.82 Å². The van der Waals surface area contributed by atoms with Gasteiger partial charge in [-0.1, -0.05) is 24.3 Å². The number of benzene rings is 2. The molecule has 0 aliphatic carbocycles. The van der Waals surface area contributed by atoms with Crippen LogP contribution in [0, 0.1) is 5.82 Å². The van der Waals surface area contributed by atoms with E-state index in [4.69, 9.17) is 0 Å². The third-order valence-corrected chi connectivity index (χ3v) is 5.38. The summed E-state index contributed by atoms with van der Waals surface area (Å²) in [5, 5.41) is 0. The highest BCUT2D eigenvalue weighted by atomic mass is 32.2. The van der Waals surface area contributed by atoms with E-state index in [0.29, 0.717) is 0 Å². The molecule has 128 valence electrons. The van der Waals surface area contributed by atoms with Crippen LogP contribution in [0.25, 0.3) is 0 Å². The van der Waals surface area contributed by atoms with Gasteiger partial charge in [-0.25, -0.2) is 4.39 Å². The summed E-state index contributed by atoms with van der Waals surface area (Å²) in [6, 6.07) is 15.8. The minimum atomic E-state index is -0.134. The van der Waals surface area contributed by atoms with Crippen LogP contribution in [-0.2, 0) is 13.0 Å². The Morgan fingerprint density at radius 1 is 0.917 bits per heavy atom. The van der Waals surface area contributed by atoms with Crippen LogP contribution >= 0.6 is 11.8 Å². The summed E-state index contributed by atoms with van der Waals surface area (Å²) >= 11 is 1.78. The Morgan fingerprint density at radius 2 is 1.62 bits per heavy atom. The van der Waals surface area contributed by atoms with E-state index >= 15 is 0 Å². The maximum Gasteiger partial charge on any atom is 0.123 e. The average molecular weight is 344 g/mol. The smallest absolute Gasteiger partial charge is 0.123 e. The SMILES string of the molecule is CSc1ccc(CN2CCN(CCc3cccc(F)c3)CC2)cc1. The minimum Gasteiger partial charge on any atom is -0.300 e. The third-order valence-electron chi connectivity index (χ3n) is 4.64. The summed E-state index contributed by atoms with van der Waals surface area (Å²) in [5.41, 5.74) is 2.48. The van der Waals surface area contributed by atoms with Gasteiger partial charge in [0.2, 0.25) is 0 Å². The van der Waals surface area contributed by atoms with E-state index in [1.54, 1.807) is 23.9 Å². The number of halogens is 1. The maximum atomic E-state index is 13.2. The Kier molecular flexibility index (Phi) is 6.30. The highest BCUT2D eigenvalue weighted by Gasteiger charge is 2.16. The molecule has 2 nitrogen and oxygen atoms in total. The molecule has 2 aromatic rings. The lowest BCUT2D eigenvalue weighted by molar-refractivity contribution is 0.128. The molecular weight excluding hydrogens is 319 g/mol. The normalized spacial score (nSPS) is 16.4. The van der Waals surface area contributed by atoms with E-state index in [0.717, 1.165) is 51.3 Å². The Hall–Kier alpha value is -1.36. The van der Waals surface area contributed by atoms with E-state index in [-0.39, 0.29) is 5.82 Å². The van der Waals surface area contributed by atoms with Crippen LogP contribution in [-0.4, -0.2) is 48.8 Å². The number of nitrogens with zero attached hydrogens (tertiary/aromatic N) is 2. The van der Waals surface area contributed by atoms with Gasteiger partial charge in [0.25, 0.3) is 0 Å². The largest absolute Gasteiger partial charge is 0.300 e. The lowest BCUT2D eigenvalue weighted by Gasteiger charge is -2.34. The predicted octanol–water partition coefficient (Wildman–Crippen LogP) is 3.91. The summed E-state index contributed by atoms with van der Waals surface area (Å²) < 4.78 is 13.2. The van der Waals surface area contributed by atoms with Crippen molar-refractivity contribution < 1.29 is 4.39 Å². The Labute approximate surface area is 148 Å². The van der Waals surface area contributed by atoms with Gasteiger partial charge in [-0.05, 0) is 48.1 Å². The topological polar surface area (TPSA) is 6.48 Å². The fraction of sp³-hybridized carbons (Fsp3) is 0.400. The van der Waals surface area contributed by atoms with Crippen molar-refractivity contribution in [1.29, 1.82) is 0 Å². The fourth-order valence-electron chi connectivity index (χ4n) is 3.14. The zero-order valence-corrected chi connectivity index (χ0v) is 15.1. The molecule has 2 aromatic carbocycles. The first-order chi connectivity index (χ1) is 11.7. The fourth-order valence-corrected chi connectivity index (χ4v) is 3.55. The van der Waals surface area contributed by atoms with Crippen molar-refractivity contribution in [3.05, 3.63) is 65.5 Å². The second-order valence-corrected chi connectivity index (χ2v) is 7.23. The number of thioether (sulfide) groups is 1. The molecule has 0 radical (unpaired) electrons. The molecule has 0 spiro atoms. The molecule has 0 atom stereocenters. The highest BCUT2D eigenvalue weighted by Crippen LogP contribution is 2.16. The van der Waals surface area contributed by atoms with Gasteiger partial charge < -0.3 is 4.90 Å². The second kappa shape index (κ2) is 8.65. The van der Waals surface area contributed by atoms with Gasteiger partial charge in [0, 0.05) is 44.2 Å². The first-order valence-corrected chi connectivity index (χ1v) is 9.77. The van der Waals surface area contributed by atoms with Gasteiger partial charge in [0.15, 0.2) is 0 Å². The highest BCUT2D eigenvalue weighted by molar-refractivity contribution is 7.98. The van der Waals surface area contributed by atoms with E-state index in [1.807, 2.05) is 6.07 Å². The number of piperazine rings is 1. The standard InChI is InChI=1S/C20H25FN2S/c1-24-20-7-5-18(6-8-20)16-23-13-11-22(12-14-23)10-9-17-3-2-4-19(21)15-17/h2-8,15H,9-14,16H2,1H3. The average Bonchev–Trinajstić information content (AvgIpc) is 2.62. The number of rotatable bonds is 6. The molecule has 0 N–H and O–H groups in total. The van der Waals surface area contributed by atoms with Gasteiger partial charge >= 0.3 is 0 Å². The number of hydrogen-bond donors (Lipinski definition) is 0. The maximum absolute atomic E-state index is 13.2. The van der Waals surface area contributed by atoms with Gasteiger partial charge in [-0.3, -0.25) is 4.90 Å². The monoisotopic (exact) mass is 344 g/mol. The van der Waals surface area contributed by atoms with Crippen LogP contribution in [0.3, 0.4) is 0 Å². The lowest BCUT2D eigenvalue weighted by Crippen LogP contribution is -2.46. The zero-order chi connectivity index (χ0) is 16.8. The number of hydrogen-bond acceptors (Lipinski definition) is 3. The first-order valence-electron chi connectivity index (χ1n) is 8.55. The predicted molar refractivity (Wildman–Crippen MR) is 100 cm³/mol. The van der Waals surface area contributed by atoms with Gasteiger partial charge in [0.05, 0.1) is 0 Å². The molecule has 1 fully saturated rings. The van der Waals surface area contributed by atoms with Crippen molar-refractivity contribution in [3.8, 4) is 0 Å². The van der Waals surface area contributed by atoms with Crippen molar-refractivity contribution in [3.63, 3.8) is 0 Å². The van der Waals surface area contributed by atoms with E-state index in [1.165, 1.54) is 16.5 Å². The van der Waals surface area contributed by atoms with Crippen LogP contribution in [0.1, 0.15) is 11.1 Å². The van der Waals surface area contributed by atoms with Crippen LogP contribution in [0.15, 0.2) is 53.4 Å². The molecule has 0 unspecified atom stereocenters. The van der Waals surface area contributed by atoms with Crippen LogP contribution < -0.4 is 0 Å². The first kappa shape index (κ1) is 17.5. The summed E-state index contributed by atoms with van der Waals surface area (Å²) in [6.45, 7) is 6.45. The zero-order valence-electron chi connectivity index (χ0n) is 14.2. The molecular formula is C20H25FN2S. The second-order valence-electron chi connectivity index (χ2n) is 6.35. The van der Waals surface area contributed by atoms with Crippen molar-refractivity contribution in [1.82, 2.24) is 9.80 Å². The molecule has 0 saturated carbocycles. The van der Waals surface area contributed by atoms with Crippen molar-refractivity contribution in [2.45, 2.75) is 17.9 Å². The molecule has 4 heteroatoms. The Morgan fingerprint density at radius 3 is 2.29 bits per heavy atom. The van der Waals surface area contributed by atoms with Crippen molar-refractivity contribution >= 4 is 11.8 Å². The molecule has 24 heavy (non-hydrogen) atoms. The van der Waals surface area contributed by atoms with E-state index in [9.17, 15) is 4.39 Å². The summed E-state index contributed by atoms with van der Waals surface area (Å²) in [6.07, 6.45) is 3.03. The van der Waals surface area contributed by atoms with Crippen LogP contribution in [0.4, 0.5) is 4.39 Å². The summed E-state index contributed by atoms with van der Waals surface area (Å²) in [4.78, 5) is 6.33. The van der Waals surface area contributed by atoms with Gasteiger partial charge in [-0.2, -0.15) is 0 Å². The Bertz CT molecular complexity index is 636. The summed E-state index contributed by atoms with van der Waals surface area (Å²) in [5.74, 6) is -0.134. The van der Waals surface area contributed by atoms with Crippen LogP contribution in [0.5, 0.6) is 0 Å².